The zero-order valence-corrected chi connectivity index (χ0v) is 24.0. The van der Waals surface area contributed by atoms with Crippen LogP contribution in [0.5, 0.6) is 0 Å². The normalized spacial score (nSPS) is 11.3. The summed E-state index contributed by atoms with van der Waals surface area (Å²) in [6, 6.07) is 19.1. The van der Waals surface area contributed by atoms with E-state index in [1.54, 1.807) is 20.5 Å². The number of hydrogen-bond donors (Lipinski definition) is 0. The van der Waals surface area contributed by atoms with E-state index in [9.17, 15) is 4.79 Å². The fraction of sp³-hybridized carbons (Fsp3) is 0.333. The van der Waals surface area contributed by atoms with Crippen LogP contribution in [-0.2, 0) is 22.5 Å². The Balaban J connectivity index is 1.70. The Morgan fingerprint density at radius 1 is 1.20 bits per heavy atom. The first-order valence-corrected chi connectivity index (χ1v) is 16.0. The van der Waals surface area contributed by atoms with Crippen molar-refractivity contribution in [2.24, 2.45) is 5.92 Å². The standard InChI is InChI=1S/C27H30IN3O2S2/c1-4-33-25(32)13-14-30(18-20-8-6-5-7-9-20)27-29-26(24(34-27)16-19(2)3)22-10-11-23-21(17-22)12-15-31(23)35-28/h5-12,15,17,19H,4,13-14,16,18H2,1-3H3. The molecule has 0 saturated carbocycles. The van der Waals surface area contributed by atoms with Crippen molar-refractivity contribution in [2.45, 2.75) is 40.2 Å². The molecule has 2 heterocycles. The summed E-state index contributed by atoms with van der Waals surface area (Å²) < 4.78 is 7.36. The number of nitrogens with zero attached hydrogens (tertiary/aromatic N) is 3. The number of thiazole rings is 1. The van der Waals surface area contributed by atoms with Crippen LogP contribution in [0.25, 0.3) is 22.2 Å². The maximum absolute atomic E-state index is 12.2. The van der Waals surface area contributed by atoms with Crippen molar-refractivity contribution < 1.29 is 9.53 Å². The van der Waals surface area contributed by atoms with E-state index in [0.29, 0.717) is 32.0 Å². The summed E-state index contributed by atoms with van der Waals surface area (Å²) in [5.74, 6) is 0.345. The first-order valence-electron chi connectivity index (χ1n) is 11.8. The second-order valence-electron chi connectivity index (χ2n) is 8.81. The number of rotatable bonds is 11. The Bertz CT molecular complexity index is 1270. The van der Waals surface area contributed by atoms with Crippen LogP contribution in [0.4, 0.5) is 5.13 Å². The average molecular weight is 620 g/mol. The summed E-state index contributed by atoms with van der Waals surface area (Å²) in [5, 5.41) is 2.16. The van der Waals surface area contributed by atoms with E-state index in [1.165, 1.54) is 21.3 Å². The summed E-state index contributed by atoms with van der Waals surface area (Å²) in [4.78, 5) is 20.8. The Labute approximate surface area is 227 Å². The van der Waals surface area contributed by atoms with Gasteiger partial charge >= 0.3 is 5.97 Å². The highest BCUT2D eigenvalue weighted by molar-refractivity contribution is 14.2. The topological polar surface area (TPSA) is 47.4 Å². The molecule has 0 unspecified atom stereocenters. The highest BCUT2D eigenvalue weighted by Crippen LogP contribution is 2.37. The van der Waals surface area contributed by atoms with Crippen molar-refractivity contribution in [3.8, 4) is 11.3 Å². The minimum atomic E-state index is -0.173. The second kappa shape index (κ2) is 12.3. The lowest BCUT2D eigenvalue weighted by Crippen LogP contribution is -2.26. The number of ether oxygens (including phenoxy) is 1. The van der Waals surface area contributed by atoms with Crippen LogP contribution in [0.3, 0.4) is 0 Å². The third-order valence-corrected chi connectivity index (χ3v) is 8.54. The fourth-order valence-corrected chi connectivity index (χ4v) is 6.74. The molecule has 35 heavy (non-hydrogen) atoms. The second-order valence-corrected chi connectivity index (χ2v) is 11.6. The van der Waals surface area contributed by atoms with Crippen LogP contribution in [0.2, 0.25) is 0 Å². The molecule has 0 aliphatic carbocycles. The van der Waals surface area contributed by atoms with Gasteiger partial charge in [0, 0.05) is 65.4 Å². The minimum Gasteiger partial charge on any atom is -0.466 e. The van der Waals surface area contributed by atoms with Crippen molar-refractivity contribution in [2.75, 3.05) is 18.1 Å². The van der Waals surface area contributed by atoms with E-state index < -0.39 is 0 Å². The summed E-state index contributed by atoms with van der Waals surface area (Å²) >= 11 is 4.05. The molecule has 4 aromatic rings. The zero-order valence-electron chi connectivity index (χ0n) is 20.2. The van der Waals surface area contributed by atoms with Crippen LogP contribution < -0.4 is 4.90 Å². The molecule has 0 atom stereocenters. The lowest BCUT2D eigenvalue weighted by Gasteiger charge is -2.21. The third kappa shape index (κ3) is 6.59. The molecule has 0 radical (unpaired) electrons. The minimum absolute atomic E-state index is 0.173. The molecule has 0 N–H and O–H groups in total. The lowest BCUT2D eigenvalue weighted by molar-refractivity contribution is -0.142. The van der Waals surface area contributed by atoms with Gasteiger partial charge in [-0.3, -0.25) is 8.77 Å². The molecular formula is C27H30IN3O2S2. The lowest BCUT2D eigenvalue weighted by atomic mass is 10.0. The molecule has 2 aromatic carbocycles. The molecule has 0 aliphatic heterocycles. The first kappa shape index (κ1) is 26.0. The van der Waals surface area contributed by atoms with Gasteiger partial charge in [-0.15, -0.1) is 11.3 Å². The molecule has 8 heteroatoms. The average Bonchev–Trinajstić information content (AvgIpc) is 3.45. The van der Waals surface area contributed by atoms with Gasteiger partial charge in [-0.25, -0.2) is 4.98 Å². The summed E-state index contributed by atoms with van der Waals surface area (Å²) in [6.45, 7) is 7.99. The smallest absolute Gasteiger partial charge is 0.307 e. The van der Waals surface area contributed by atoms with Gasteiger partial charge in [0.25, 0.3) is 0 Å². The molecule has 184 valence electrons. The monoisotopic (exact) mass is 619 g/mol. The van der Waals surface area contributed by atoms with Gasteiger partial charge in [0.1, 0.15) is 0 Å². The number of hydrogen-bond acceptors (Lipinski definition) is 6. The molecule has 0 fully saturated rings. The Hall–Kier alpha value is -2.04. The van der Waals surface area contributed by atoms with Gasteiger partial charge in [0.2, 0.25) is 0 Å². The summed E-state index contributed by atoms with van der Waals surface area (Å²) in [6.07, 6.45) is 3.40. The maximum Gasteiger partial charge on any atom is 0.307 e. The SMILES string of the molecule is CCOC(=O)CCN(Cc1ccccc1)c1nc(-c2ccc3c(ccn3SI)c2)c(CC(C)C)s1. The highest BCUT2D eigenvalue weighted by Gasteiger charge is 2.20. The molecule has 0 amide bonds. The number of carbonyl (C=O) groups is 1. The van der Waals surface area contributed by atoms with Crippen LogP contribution in [-0.4, -0.2) is 28.1 Å². The van der Waals surface area contributed by atoms with E-state index in [0.717, 1.165) is 22.8 Å². The summed E-state index contributed by atoms with van der Waals surface area (Å²) in [7, 11) is 1.67. The third-order valence-electron chi connectivity index (χ3n) is 5.66. The van der Waals surface area contributed by atoms with Gasteiger partial charge < -0.3 is 9.64 Å². The highest BCUT2D eigenvalue weighted by atomic mass is 127. The molecule has 5 nitrogen and oxygen atoms in total. The van der Waals surface area contributed by atoms with E-state index >= 15 is 0 Å². The van der Waals surface area contributed by atoms with Crippen molar-refractivity contribution in [1.82, 2.24) is 8.96 Å². The fourth-order valence-electron chi connectivity index (χ4n) is 4.04. The zero-order chi connectivity index (χ0) is 24.8. The quantitative estimate of drug-likeness (QED) is 0.127. The van der Waals surface area contributed by atoms with Gasteiger partial charge in [0.15, 0.2) is 5.13 Å². The van der Waals surface area contributed by atoms with Crippen molar-refractivity contribution in [1.29, 1.82) is 0 Å². The number of esters is 1. The van der Waals surface area contributed by atoms with Crippen molar-refractivity contribution in [3.63, 3.8) is 0 Å². The number of carbonyl (C=O) groups excluding carboxylic acids is 1. The van der Waals surface area contributed by atoms with Crippen LogP contribution in [0.15, 0.2) is 60.8 Å². The Kier molecular flexibility index (Phi) is 9.13. The number of fused-ring (bicyclic) bond motifs is 1. The molecule has 0 saturated heterocycles. The van der Waals surface area contributed by atoms with E-state index in [2.05, 4.69) is 86.5 Å². The van der Waals surface area contributed by atoms with E-state index in [1.807, 2.05) is 25.1 Å². The van der Waals surface area contributed by atoms with Crippen LogP contribution in [0, 0.1) is 5.92 Å². The number of anilines is 1. The van der Waals surface area contributed by atoms with E-state index in [-0.39, 0.29) is 5.97 Å². The molecule has 0 spiro atoms. The van der Waals surface area contributed by atoms with Gasteiger partial charge in [-0.2, -0.15) is 0 Å². The number of halogens is 1. The van der Waals surface area contributed by atoms with Crippen LogP contribution in [0.1, 0.15) is 37.6 Å². The Morgan fingerprint density at radius 2 is 2.00 bits per heavy atom. The number of aromatic nitrogens is 2. The van der Waals surface area contributed by atoms with Gasteiger partial charge in [0.05, 0.1) is 24.2 Å². The molecule has 2 aromatic heterocycles. The first-order chi connectivity index (χ1) is 17.0. The predicted molar refractivity (Wildman–Crippen MR) is 157 cm³/mol. The van der Waals surface area contributed by atoms with Crippen LogP contribution >= 0.6 is 41.7 Å². The molecule has 0 aliphatic rings. The molecular weight excluding hydrogens is 589 g/mol. The Morgan fingerprint density at radius 3 is 2.71 bits per heavy atom. The molecule has 4 rings (SSSR count). The van der Waals surface area contributed by atoms with Gasteiger partial charge in [-0.1, -0.05) is 50.2 Å². The van der Waals surface area contributed by atoms with E-state index in [4.69, 9.17) is 9.72 Å². The maximum atomic E-state index is 12.2. The van der Waals surface area contributed by atoms with Crippen molar-refractivity contribution in [3.05, 3.63) is 71.2 Å². The number of benzene rings is 2. The predicted octanol–water partition coefficient (Wildman–Crippen LogP) is 7.77. The van der Waals surface area contributed by atoms with Crippen molar-refractivity contribution >= 4 is 63.7 Å². The van der Waals surface area contributed by atoms with Gasteiger partial charge in [-0.05, 0) is 43.0 Å². The molecule has 0 bridgehead atoms. The largest absolute Gasteiger partial charge is 0.466 e. The summed E-state index contributed by atoms with van der Waals surface area (Å²) in [5.41, 5.74) is 4.58.